The second kappa shape index (κ2) is 5.79. The Kier molecular flexibility index (Phi) is 4.11. The first-order valence-corrected chi connectivity index (χ1v) is 6.48. The third-order valence-corrected chi connectivity index (χ3v) is 3.36. The quantitative estimate of drug-likeness (QED) is 0.592. The predicted octanol–water partition coefficient (Wildman–Crippen LogP) is 2.29. The smallest absolute Gasteiger partial charge is 0.271 e. The van der Waals surface area contributed by atoms with Crippen molar-refractivity contribution in [3.05, 3.63) is 34.5 Å². The maximum Gasteiger partial charge on any atom is 0.271 e. The standard InChI is InChI=1S/C13H18N4O2/c1-3-15(4-2)7-8-16-13-9-12(17(18)19)6-5-11(13)10-14-16/h5-6,9-10H,3-4,7-8H2,1-2H3. The van der Waals surface area contributed by atoms with Crippen LogP contribution in [-0.2, 0) is 6.54 Å². The Hall–Kier alpha value is -1.95. The van der Waals surface area contributed by atoms with Crippen LogP contribution in [0.15, 0.2) is 24.4 Å². The van der Waals surface area contributed by atoms with Crippen LogP contribution in [0.5, 0.6) is 0 Å². The maximum absolute atomic E-state index is 10.8. The van der Waals surface area contributed by atoms with Gasteiger partial charge in [0.25, 0.3) is 5.69 Å². The van der Waals surface area contributed by atoms with Gasteiger partial charge in [-0.3, -0.25) is 14.8 Å². The van der Waals surface area contributed by atoms with Crippen LogP contribution >= 0.6 is 0 Å². The van der Waals surface area contributed by atoms with Gasteiger partial charge in [0, 0.05) is 24.1 Å². The van der Waals surface area contributed by atoms with Gasteiger partial charge in [0.1, 0.15) is 0 Å². The van der Waals surface area contributed by atoms with Crippen LogP contribution in [-0.4, -0.2) is 39.2 Å². The summed E-state index contributed by atoms with van der Waals surface area (Å²) in [5.74, 6) is 0. The van der Waals surface area contributed by atoms with Gasteiger partial charge in [-0.1, -0.05) is 13.8 Å². The second-order valence-corrected chi connectivity index (χ2v) is 4.39. The van der Waals surface area contributed by atoms with Crippen LogP contribution < -0.4 is 0 Å². The molecule has 0 aliphatic rings. The number of hydrogen-bond acceptors (Lipinski definition) is 4. The van der Waals surface area contributed by atoms with Crippen molar-refractivity contribution in [1.29, 1.82) is 0 Å². The van der Waals surface area contributed by atoms with Crippen molar-refractivity contribution >= 4 is 16.6 Å². The zero-order chi connectivity index (χ0) is 13.8. The molecule has 0 N–H and O–H groups in total. The van der Waals surface area contributed by atoms with Gasteiger partial charge in [-0.05, 0) is 19.2 Å². The summed E-state index contributed by atoms with van der Waals surface area (Å²) in [6.45, 7) is 7.87. The lowest BCUT2D eigenvalue weighted by Gasteiger charge is -2.17. The van der Waals surface area contributed by atoms with E-state index in [4.69, 9.17) is 0 Å². The number of nitro benzene ring substituents is 1. The van der Waals surface area contributed by atoms with E-state index in [-0.39, 0.29) is 10.6 Å². The minimum absolute atomic E-state index is 0.108. The molecule has 0 aliphatic carbocycles. The minimum Gasteiger partial charge on any atom is -0.302 e. The molecular formula is C13H18N4O2. The second-order valence-electron chi connectivity index (χ2n) is 4.39. The van der Waals surface area contributed by atoms with Crippen molar-refractivity contribution in [3.8, 4) is 0 Å². The van der Waals surface area contributed by atoms with Crippen molar-refractivity contribution in [2.75, 3.05) is 19.6 Å². The SMILES string of the molecule is CCN(CC)CCn1ncc2ccc([N+](=O)[O-])cc21. The van der Waals surface area contributed by atoms with Crippen LogP contribution in [0.1, 0.15) is 13.8 Å². The Morgan fingerprint density at radius 2 is 2.11 bits per heavy atom. The zero-order valence-electron chi connectivity index (χ0n) is 11.2. The van der Waals surface area contributed by atoms with Crippen molar-refractivity contribution < 1.29 is 4.92 Å². The first kappa shape index (κ1) is 13.5. The van der Waals surface area contributed by atoms with E-state index in [1.807, 2.05) is 4.68 Å². The lowest BCUT2D eigenvalue weighted by atomic mass is 10.2. The number of benzene rings is 1. The van der Waals surface area contributed by atoms with Crippen LogP contribution in [0.4, 0.5) is 5.69 Å². The van der Waals surface area contributed by atoms with Crippen molar-refractivity contribution in [1.82, 2.24) is 14.7 Å². The molecule has 2 aromatic rings. The summed E-state index contributed by atoms with van der Waals surface area (Å²) in [5.41, 5.74) is 0.929. The summed E-state index contributed by atoms with van der Waals surface area (Å²) < 4.78 is 1.83. The molecule has 0 atom stereocenters. The highest BCUT2D eigenvalue weighted by atomic mass is 16.6. The first-order chi connectivity index (χ1) is 9.15. The zero-order valence-corrected chi connectivity index (χ0v) is 11.2. The number of aromatic nitrogens is 2. The number of non-ortho nitro benzene ring substituents is 1. The fraction of sp³-hybridized carbons (Fsp3) is 0.462. The topological polar surface area (TPSA) is 64.2 Å². The molecule has 1 aromatic carbocycles. The molecule has 1 aromatic heterocycles. The van der Waals surface area contributed by atoms with Crippen LogP contribution in [0, 0.1) is 10.1 Å². The Balaban J connectivity index is 2.23. The monoisotopic (exact) mass is 262 g/mol. The molecule has 0 saturated carbocycles. The Labute approximate surface area is 111 Å². The van der Waals surface area contributed by atoms with Crippen LogP contribution in [0.25, 0.3) is 10.9 Å². The molecule has 6 nitrogen and oxygen atoms in total. The lowest BCUT2D eigenvalue weighted by Crippen LogP contribution is -2.27. The number of nitro groups is 1. The molecule has 102 valence electrons. The molecular weight excluding hydrogens is 244 g/mol. The summed E-state index contributed by atoms with van der Waals surface area (Å²) in [7, 11) is 0. The van der Waals surface area contributed by atoms with Gasteiger partial charge in [-0.2, -0.15) is 5.10 Å². The molecule has 19 heavy (non-hydrogen) atoms. The van der Waals surface area contributed by atoms with Gasteiger partial charge in [0.15, 0.2) is 0 Å². The number of fused-ring (bicyclic) bond motifs is 1. The molecule has 0 radical (unpaired) electrons. The predicted molar refractivity (Wildman–Crippen MR) is 74.2 cm³/mol. The van der Waals surface area contributed by atoms with Crippen molar-refractivity contribution in [2.24, 2.45) is 0 Å². The summed E-state index contributed by atoms with van der Waals surface area (Å²) in [4.78, 5) is 12.7. The lowest BCUT2D eigenvalue weighted by molar-refractivity contribution is -0.384. The van der Waals surface area contributed by atoms with Gasteiger partial charge in [0.2, 0.25) is 0 Å². The molecule has 2 rings (SSSR count). The normalized spacial score (nSPS) is 11.3. The number of rotatable bonds is 6. The molecule has 0 bridgehead atoms. The summed E-state index contributed by atoms with van der Waals surface area (Å²) in [6, 6.07) is 4.84. The highest BCUT2D eigenvalue weighted by Gasteiger charge is 2.10. The highest BCUT2D eigenvalue weighted by molar-refractivity contribution is 5.80. The molecule has 0 amide bonds. The number of nitrogens with zero attached hydrogens (tertiary/aromatic N) is 4. The van der Waals surface area contributed by atoms with Crippen LogP contribution in [0.2, 0.25) is 0 Å². The first-order valence-electron chi connectivity index (χ1n) is 6.48. The van der Waals surface area contributed by atoms with E-state index in [9.17, 15) is 10.1 Å². The molecule has 0 unspecified atom stereocenters. The van der Waals surface area contributed by atoms with Gasteiger partial charge in [0.05, 0.1) is 23.2 Å². The van der Waals surface area contributed by atoms with Crippen molar-refractivity contribution in [2.45, 2.75) is 20.4 Å². The van der Waals surface area contributed by atoms with E-state index in [1.54, 1.807) is 18.3 Å². The molecule has 6 heteroatoms. The van der Waals surface area contributed by atoms with Crippen molar-refractivity contribution in [3.63, 3.8) is 0 Å². The number of hydrogen-bond donors (Lipinski definition) is 0. The van der Waals surface area contributed by atoms with Crippen LogP contribution in [0.3, 0.4) is 0 Å². The maximum atomic E-state index is 10.8. The van der Waals surface area contributed by atoms with E-state index in [0.717, 1.165) is 37.1 Å². The third kappa shape index (κ3) is 2.90. The molecule has 0 fully saturated rings. The highest BCUT2D eigenvalue weighted by Crippen LogP contribution is 2.20. The van der Waals surface area contributed by atoms with Gasteiger partial charge < -0.3 is 4.90 Å². The van der Waals surface area contributed by atoms with E-state index < -0.39 is 0 Å². The van der Waals surface area contributed by atoms with E-state index in [2.05, 4.69) is 23.8 Å². The fourth-order valence-corrected chi connectivity index (χ4v) is 2.13. The third-order valence-electron chi connectivity index (χ3n) is 3.36. The average molecular weight is 262 g/mol. The van der Waals surface area contributed by atoms with Gasteiger partial charge in [-0.25, -0.2) is 0 Å². The molecule has 1 heterocycles. The van der Waals surface area contributed by atoms with E-state index >= 15 is 0 Å². The molecule has 0 aliphatic heterocycles. The number of likely N-dealkylation sites (N-methyl/N-ethyl adjacent to an activating group) is 1. The fourth-order valence-electron chi connectivity index (χ4n) is 2.13. The summed E-state index contributed by atoms with van der Waals surface area (Å²) in [6.07, 6.45) is 1.75. The minimum atomic E-state index is -0.374. The largest absolute Gasteiger partial charge is 0.302 e. The Morgan fingerprint density at radius 3 is 2.74 bits per heavy atom. The molecule has 0 saturated heterocycles. The van der Waals surface area contributed by atoms with Gasteiger partial charge in [-0.15, -0.1) is 0 Å². The van der Waals surface area contributed by atoms with Gasteiger partial charge >= 0.3 is 0 Å². The molecule has 0 spiro atoms. The van der Waals surface area contributed by atoms with E-state index in [1.165, 1.54) is 6.07 Å². The van der Waals surface area contributed by atoms with E-state index in [0.29, 0.717) is 0 Å². The Morgan fingerprint density at radius 1 is 1.37 bits per heavy atom. The Bertz CT molecular complexity index is 575. The summed E-state index contributed by atoms with van der Waals surface area (Å²) >= 11 is 0. The average Bonchev–Trinajstić information content (AvgIpc) is 2.82. The summed E-state index contributed by atoms with van der Waals surface area (Å²) in [5, 5.41) is 16.0.